The molecule has 4 rings (SSSR count). The highest BCUT2D eigenvalue weighted by Crippen LogP contribution is 2.36. The van der Waals surface area contributed by atoms with E-state index in [1.165, 1.54) is 13.2 Å². The van der Waals surface area contributed by atoms with E-state index in [9.17, 15) is 35.9 Å². The number of carbonyl (C=O) groups is 2. The minimum atomic E-state index is -5.45. The van der Waals surface area contributed by atoms with Crippen LogP contribution in [0, 0.1) is 6.92 Å². The Morgan fingerprint density at radius 2 is 1.82 bits per heavy atom. The fraction of sp³-hybridized carbons (Fsp3) is 0.208. The van der Waals surface area contributed by atoms with Crippen LogP contribution in [0.15, 0.2) is 55.0 Å². The zero-order valence-electron chi connectivity index (χ0n) is 19.6. The van der Waals surface area contributed by atoms with Crippen molar-refractivity contribution in [2.24, 2.45) is 0 Å². The van der Waals surface area contributed by atoms with E-state index < -0.39 is 47.2 Å². The number of hydrogen-bond donors (Lipinski definition) is 1. The number of anilines is 1. The van der Waals surface area contributed by atoms with E-state index in [4.69, 9.17) is 4.74 Å². The number of imidazole rings is 1. The number of benzene rings is 2. The summed E-state index contributed by atoms with van der Waals surface area (Å²) in [7, 11) is 1.42. The molecule has 0 spiro atoms. The lowest BCUT2D eigenvalue weighted by Gasteiger charge is -2.35. The van der Waals surface area contributed by atoms with Crippen molar-refractivity contribution in [2.75, 3.05) is 12.2 Å². The third-order valence-electron chi connectivity index (χ3n) is 5.42. The summed E-state index contributed by atoms with van der Waals surface area (Å²) in [6.45, 7) is 1.80. The topological polar surface area (TPSA) is 85.7 Å². The lowest BCUT2D eigenvalue weighted by atomic mass is 10.0. The van der Waals surface area contributed by atoms with Crippen molar-refractivity contribution < 1.29 is 45.5 Å². The highest BCUT2D eigenvalue weighted by molar-refractivity contribution is 6.02. The second-order valence-corrected chi connectivity index (χ2v) is 8.06. The van der Waals surface area contributed by atoms with E-state index >= 15 is 0 Å². The molecule has 0 fully saturated rings. The van der Waals surface area contributed by atoms with Gasteiger partial charge in [-0.15, -0.1) is 0 Å². The molecule has 1 atom stereocenters. The highest BCUT2D eigenvalue weighted by Gasteiger charge is 2.45. The standard InChI is InChI=1S/C24H18F6N4O4/c1-13-11-33(12-31-13)17-7-3-14(9-19(17)37-2)4-8-20-32-21(35)16-6-5-15(23(25,26)27)10-18(16)34(20)38-22(36)24(28,29)30/h3-12,20H,1-2H3,(H,32,35). The van der Waals surface area contributed by atoms with E-state index in [0.29, 0.717) is 29.1 Å². The van der Waals surface area contributed by atoms with Gasteiger partial charge in [0.15, 0.2) is 6.17 Å². The van der Waals surface area contributed by atoms with Crippen LogP contribution in [-0.2, 0) is 15.8 Å². The van der Waals surface area contributed by atoms with Gasteiger partial charge >= 0.3 is 18.3 Å². The molecule has 0 saturated heterocycles. The van der Waals surface area contributed by atoms with Crippen LogP contribution in [0.2, 0.25) is 0 Å². The summed E-state index contributed by atoms with van der Waals surface area (Å²) < 4.78 is 85.9. The molecule has 0 saturated carbocycles. The van der Waals surface area contributed by atoms with Crippen LogP contribution >= 0.6 is 0 Å². The summed E-state index contributed by atoms with van der Waals surface area (Å²) in [5.74, 6) is -3.17. The fourth-order valence-corrected chi connectivity index (χ4v) is 3.64. The van der Waals surface area contributed by atoms with Gasteiger partial charge in [-0.2, -0.15) is 31.4 Å². The number of nitrogens with zero attached hydrogens (tertiary/aromatic N) is 3. The molecular formula is C24H18F6N4O4. The van der Waals surface area contributed by atoms with Gasteiger partial charge in [0, 0.05) is 6.20 Å². The summed E-state index contributed by atoms with van der Waals surface area (Å²) in [4.78, 5) is 32.7. The van der Waals surface area contributed by atoms with E-state index in [0.717, 1.165) is 17.8 Å². The molecule has 0 aliphatic carbocycles. The van der Waals surface area contributed by atoms with Gasteiger partial charge in [-0.3, -0.25) is 4.79 Å². The molecule has 38 heavy (non-hydrogen) atoms. The third kappa shape index (κ3) is 5.43. The number of amides is 1. The van der Waals surface area contributed by atoms with E-state index in [-0.39, 0.29) is 5.06 Å². The van der Waals surface area contributed by atoms with Crippen LogP contribution in [0.25, 0.3) is 11.8 Å². The van der Waals surface area contributed by atoms with Gasteiger partial charge < -0.3 is 19.5 Å². The normalized spacial score (nSPS) is 15.8. The van der Waals surface area contributed by atoms with Crippen molar-refractivity contribution >= 4 is 23.6 Å². The smallest absolute Gasteiger partial charge is 0.493 e. The zero-order valence-corrected chi connectivity index (χ0v) is 19.6. The Morgan fingerprint density at radius 1 is 1.08 bits per heavy atom. The van der Waals surface area contributed by atoms with Gasteiger partial charge in [0.05, 0.1) is 41.6 Å². The van der Waals surface area contributed by atoms with Gasteiger partial charge in [0.25, 0.3) is 5.91 Å². The fourth-order valence-electron chi connectivity index (χ4n) is 3.64. The van der Waals surface area contributed by atoms with Crippen molar-refractivity contribution in [1.29, 1.82) is 0 Å². The molecule has 14 heteroatoms. The number of rotatable bonds is 5. The van der Waals surface area contributed by atoms with Crippen molar-refractivity contribution in [1.82, 2.24) is 14.9 Å². The first-order valence-corrected chi connectivity index (χ1v) is 10.8. The zero-order chi connectivity index (χ0) is 27.8. The minimum Gasteiger partial charge on any atom is -0.495 e. The number of hydroxylamine groups is 1. The molecule has 2 aromatic carbocycles. The summed E-state index contributed by atoms with van der Waals surface area (Å²) in [5.41, 5.74) is -0.499. The van der Waals surface area contributed by atoms with Crippen LogP contribution < -0.4 is 15.1 Å². The number of carbonyl (C=O) groups excluding carboxylic acids is 2. The average molecular weight is 540 g/mol. The van der Waals surface area contributed by atoms with Gasteiger partial charge in [0.2, 0.25) is 0 Å². The molecule has 200 valence electrons. The Hall–Kier alpha value is -4.49. The molecule has 1 N–H and O–H groups in total. The molecule has 1 aromatic heterocycles. The van der Waals surface area contributed by atoms with Crippen LogP contribution in [0.3, 0.4) is 0 Å². The summed E-state index contributed by atoms with van der Waals surface area (Å²) in [5, 5.41) is 2.58. The molecule has 2 heterocycles. The Morgan fingerprint density at radius 3 is 2.42 bits per heavy atom. The Balaban J connectivity index is 1.72. The molecule has 0 radical (unpaired) electrons. The number of nitrogens with one attached hydrogen (secondary N) is 1. The Bertz CT molecular complexity index is 1410. The van der Waals surface area contributed by atoms with Gasteiger partial charge in [-0.25, -0.2) is 9.78 Å². The molecule has 0 bridgehead atoms. The first kappa shape index (κ1) is 26.6. The van der Waals surface area contributed by atoms with Gasteiger partial charge in [-0.1, -0.05) is 12.1 Å². The highest BCUT2D eigenvalue weighted by atomic mass is 19.4. The Kier molecular flexibility index (Phi) is 6.82. The first-order valence-electron chi connectivity index (χ1n) is 10.8. The molecule has 1 amide bonds. The summed E-state index contributed by atoms with van der Waals surface area (Å²) in [6, 6.07) is 6.68. The maximum Gasteiger partial charge on any atom is 0.493 e. The quantitative estimate of drug-likeness (QED) is 0.468. The SMILES string of the molecule is COc1cc(C=CC2NC(=O)c3ccc(C(F)(F)F)cc3N2OC(=O)C(F)(F)F)ccc1-n1cnc(C)c1. The summed E-state index contributed by atoms with van der Waals surface area (Å²) >= 11 is 0. The maximum absolute atomic E-state index is 13.3. The van der Waals surface area contributed by atoms with Crippen molar-refractivity contribution in [3.05, 3.63) is 77.4 Å². The second kappa shape index (κ2) is 9.76. The number of aryl methyl sites for hydroxylation is 1. The monoisotopic (exact) mass is 540 g/mol. The molecule has 1 aliphatic rings. The number of methoxy groups -OCH3 is 1. The van der Waals surface area contributed by atoms with Gasteiger partial charge in [-0.05, 0) is 48.9 Å². The second-order valence-electron chi connectivity index (χ2n) is 8.06. The maximum atomic E-state index is 13.3. The number of aromatic nitrogens is 2. The molecule has 3 aromatic rings. The minimum absolute atomic E-state index is 0.276. The van der Waals surface area contributed by atoms with Crippen LogP contribution in [0.1, 0.15) is 27.2 Å². The predicted octanol–water partition coefficient (Wildman–Crippen LogP) is 4.82. The van der Waals surface area contributed by atoms with Crippen molar-refractivity contribution in [2.45, 2.75) is 25.4 Å². The average Bonchev–Trinajstić information content (AvgIpc) is 3.28. The van der Waals surface area contributed by atoms with E-state index in [1.54, 1.807) is 42.2 Å². The third-order valence-corrected chi connectivity index (χ3v) is 5.42. The van der Waals surface area contributed by atoms with Crippen LogP contribution in [-0.4, -0.2) is 40.9 Å². The summed E-state index contributed by atoms with van der Waals surface area (Å²) in [6.07, 6.45) is -6.06. The largest absolute Gasteiger partial charge is 0.495 e. The molecule has 1 aliphatic heterocycles. The number of ether oxygens (including phenoxy) is 1. The number of alkyl halides is 6. The molecule has 8 nitrogen and oxygen atoms in total. The predicted molar refractivity (Wildman–Crippen MR) is 121 cm³/mol. The Labute approximate surface area is 211 Å². The van der Waals surface area contributed by atoms with Gasteiger partial charge in [0.1, 0.15) is 5.75 Å². The number of halogens is 6. The van der Waals surface area contributed by atoms with Crippen LogP contribution in [0.5, 0.6) is 5.75 Å². The van der Waals surface area contributed by atoms with Crippen molar-refractivity contribution in [3.63, 3.8) is 0 Å². The lowest BCUT2D eigenvalue weighted by Crippen LogP contribution is -2.53. The number of hydrogen-bond acceptors (Lipinski definition) is 6. The van der Waals surface area contributed by atoms with E-state index in [1.807, 2.05) is 0 Å². The first-order chi connectivity index (χ1) is 17.8. The molecular weight excluding hydrogens is 522 g/mol. The van der Waals surface area contributed by atoms with Crippen LogP contribution in [0.4, 0.5) is 32.0 Å². The molecule has 1 unspecified atom stereocenters. The van der Waals surface area contributed by atoms with Crippen molar-refractivity contribution in [3.8, 4) is 11.4 Å². The number of fused-ring (bicyclic) bond motifs is 1. The van der Waals surface area contributed by atoms with E-state index in [2.05, 4.69) is 15.1 Å². The lowest BCUT2D eigenvalue weighted by molar-refractivity contribution is -0.202.